The van der Waals surface area contributed by atoms with Crippen LogP contribution in [-0.4, -0.2) is 22.4 Å². The van der Waals surface area contributed by atoms with Crippen LogP contribution in [-0.2, 0) is 4.79 Å². The Hall–Kier alpha value is -2.76. The van der Waals surface area contributed by atoms with Crippen LogP contribution in [0.25, 0.3) is 4.85 Å². The maximum absolute atomic E-state index is 15.1. The lowest BCUT2D eigenvalue weighted by atomic mass is 9.50. The number of carbonyl (C=O) groups is 1. The van der Waals surface area contributed by atoms with E-state index in [0.29, 0.717) is 31.4 Å². The monoisotopic (exact) mass is 447 g/mol. The fraction of sp³-hybridized carbons (Fsp3) is 0.500. The van der Waals surface area contributed by atoms with Crippen molar-refractivity contribution in [2.75, 3.05) is 0 Å². The van der Waals surface area contributed by atoms with E-state index >= 15 is 8.78 Å². The molecule has 2 unspecified atom stereocenters. The molecule has 0 heterocycles. The van der Waals surface area contributed by atoms with E-state index in [9.17, 15) is 9.90 Å². The van der Waals surface area contributed by atoms with Crippen LogP contribution >= 0.6 is 0 Å². The van der Waals surface area contributed by atoms with Gasteiger partial charge in [-0.3, -0.25) is 4.79 Å². The maximum atomic E-state index is 15.1. The summed E-state index contributed by atoms with van der Waals surface area (Å²) in [6, 6.07) is 7.36. The Morgan fingerprint density at radius 3 is 2.79 bits per heavy atom. The molecule has 0 aliphatic heterocycles. The summed E-state index contributed by atoms with van der Waals surface area (Å²) in [6.07, 6.45) is 10.5. The Labute approximate surface area is 193 Å². The van der Waals surface area contributed by atoms with Gasteiger partial charge in [0.1, 0.15) is 5.60 Å². The summed E-state index contributed by atoms with van der Waals surface area (Å²) in [5, 5.41) is 11.5. The van der Waals surface area contributed by atoms with Crippen molar-refractivity contribution in [1.82, 2.24) is 0 Å². The number of alkyl halides is 2. The highest BCUT2D eigenvalue weighted by atomic mass is 19.3. The Morgan fingerprint density at radius 1 is 1.27 bits per heavy atom. The van der Waals surface area contributed by atoms with Crippen molar-refractivity contribution in [2.24, 2.45) is 17.3 Å². The number of halogens is 2. The molecule has 4 aliphatic rings. The van der Waals surface area contributed by atoms with Gasteiger partial charge in [0.05, 0.1) is 6.57 Å². The summed E-state index contributed by atoms with van der Waals surface area (Å²) in [7, 11) is 0. The molecule has 170 valence electrons. The van der Waals surface area contributed by atoms with Crippen LogP contribution in [0.3, 0.4) is 0 Å². The summed E-state index contributed by atoms with van der Waals surface area (Å²) in [4.78, 5) is 15.7. The van der Waals surface area contributed by atoms with Gasteiger partial charge in [0.15, 0.2) is 11.5 Å². The van der Waals surface area contributed by atoms with Crippen molar-refractivity contribution < 1.29 is 18.7 Å². The van der Waals surface area contributed by atoms with Gasteiger partial charge in [0.25, 0.3) is 0 Å². The van der Waals surface area contributed by atoms with Gasteiger partial charge in [-0.05, 0) is 73.5 Å². The van der Waals surface area contributed by atoms with E-state index in [4.69, 9.17) is 13.0 Å². The van der Waals surface area contributed by atoms with Crippen LogP contribution in [0.1, 0.15) is 63.4 Å². The topological polar surface area (TPSA) is 41.7 Å². The molecule has 1 aromatic carbocycles. The van der Waals surface area contributed by atoms with Crippen molar-refractivity contribution in [3.05, 3.63) is 64.0 Å². The highest BCUT2D eigenvalue weighted by Gasteiger charge is 2.71. The van der Waals surface area contributed by atoms with Crippen molar-refractivity contribution in [2.45, 2.75) is 69.3 Å². The van der Waals surface area contributed by atoms with Gasteiger partial charge in [-0.1, -0.05) is 42.3 Å². The lowest BCUT2D eigenvalue weighted by Gasteiger charge is -2.55. The molecule has 1 aromatic rings. The first-order valence-electron chi connectivity index (χ1n) is 11.7. The Balaban J connectivity index is 1.72. The number of hydrogen-bond acceptors (Lipinski definition) is 2. The SMILES string of the molecule is [C-]#[N+]c1cccc([C@H]2C[C@@]3(C)C(CC[C@@]3(O)C(F)(F)C#C)C3CCC4=CC(=O)CCC4=C32)c1. The van der Waals surface area contributed by atoms with Gasteiger partial charge in [0, 0.05) is 17.8 Å². The first-order chi connectivity index (χ1) is 15.6. The second-order valence-electron chi connectivity index (χ2n) is 10.3. The number of terminal acetylenes is 1. The number of allylic oxidation sites excluding steroid dienone is 4. The number of nitrogens with zero attached hydrogens (tertiary/aromatic N) is 1. The summed E-state index contributed by atoms with van der Waals surface area (Å²) < 4.78 is 30.1. The van der Waals surface area contributed by atoms with Crippen molar-refractivity contribution in [1.29, 1.82) is 0 Å². The molecule has 3 nitrogen and oxygen atoms in total. The van der Waals surface area contributed by atoms with Gasteiger partial charge in [-0.15, -0.1) is 6.42 Å². The van der Waals surface area contributed by atoms with Crippen molar-refractivity contribution in [3.63, 3.8) is 0 Å². The normalized spacial score (nSPS) is 35.6. The molecule has 5 atom stereocenters. The standard InChI is InChI=1S/C28H27F2NO2/c1-4-28(29,30)27(33)13-12-24-22-10-8-18-15-20(32)9-11-21(18)25(22)23(16-26(24,27)2)17-6-5-7-19(14-17)31-3/h1,5-7,14-15,22-24,33H,8-13,16H2,2H3/t22?,23-,24?,26+,27+/m1/s1. The fourth-order valence-electron chi connectivity index (χ4n) is 7.41. The average Bonchev–Trinajstić information content (AvgIpc) is 3.10. The number of aliphatic hydroxyl groups is 1. The van der Waals surface area contributed by atoms with Gasteiger partial charge in [0.2, 0.25) is 0 Å². The zero-order valence-corrected chi connectivity index (χ0v) is 18.7. The van der Waals surface area contributed by atoms with Crippen LogP contribution < -0.4 is 0 Å². The molecule has 5 heteroatoms. The number of rotatable bonds is 2. The minimum atomic E-state index is -3.62. The Morgan fingerprint density at radius 2 is 2.06 bits per heavy atom. The zero-order valence-electron chi connectivity index (χ0n) is 18.7. The summed E-state index contributed by atoms with van der Waals surface area (Å²) in [6.45, 7) is 9.23. The molecule has 33 heavy (non-hydrogen) atoms. The van der Waals surface area contributed by atoms with Gasteiger partial charge in [-0.2, -0.15) is 8.78 Å². The van der Waals surface area contributed by atoms with E-state index in [1.807, 2.05) is 18.2 Å². The first kappa shape index (κ1) is 22.1. The average molecular weight is 448 g/mol. The third kappa shape index (κ3) is 2.99. The van der Waals surface area contributed by atoms with E-state index in [1.54, 1.807) is 25.0 Å². The molecule has 1 N–H and O–H groups in total. The van der Waals surface area contributed by atoms with Crippen LogP contribution in [0.4, 0.5) is 14.5 Å². The number of carbonyl (C=O) groups excluding carboxylic acids is 1. The number of ketones is 1. The van der Waals surface area contributed by atoms with Crippen molar-refractivity contribution >= 4 is 11.5 Å². The molecular formula is C28H27F2NO2. The minimum absolute atomic E-state index is 0.0273. The summed E-state index contributed by atoms with van der Waals surface area (Å²) in [5.41, 5.74) is 1.58. The van der Waals surface area contributed by atoms with Gasteiger partial charge in [-0.25, -0.2) is 4.85 Å². The molecule has 4 aliphatic carbocycles. The van der Waals surface area contributed by atoms with Crippen LogP contribution in [0.5, 0.6) is 0 Å². The number of fused-ring (bicyclic) bond motifs is 4. The molecule has 0 amide bonds. The lowest BCUT2D eigenvalue weighted by Crippen LogP contribution is -2.59. The Kier molecular flexibility index (Phi) is 4.93. The lowest BCUT2D eigenvalue weighted by molar-refractivity contribution is -0.209. The van der Waals surface area contributed by atoms with E-state index in [1.165, 1.54) is 11.1 Å². The molecule has 2 saturated carbocycles. The highest BCUT2D eigenvalue weighted by Crippen LogP contribution is 2.69. The zero-order chi connectivity index (χ0) is 23.6. The number of hydrogen-bond donors (Lipinski definition) is 1. The summed E-state index contributed by atoms with van der Waals surface area (Å²) >= 11 is 0. The largest absolute Gasteiger partial charge is 0.382 e. The third-order valence-electron chi connectivity index (χ3n) is 8.99. The minimum Gasteiger partial charge on any atom is -0.382 e. The molecule has 0 saturated heterocycles. The quantitative estimate of drug-likeness (QED) is 0.437. The van der Waals surface area contributed by atoms with Crippen LogP contribution in [0.2, 0.25) is 0 Å². The van der Waals surface area contributed by atoms with Crippen LogP contribution in [0, 0.1) is 36.2 Å². The first-order valence-corrected chi connectivity index (χ1v) is 11.7. The summed E-state index contributed by atoms with van der Waals surface area (Å²) in [5.74, 6) is -2.15. The second kappa shape index (κ2) is 7.37. The second-order valence-corrected chi connectivity index (χ2v) is 10.3. The predicted molar refractivity (Wildman–Crippen MR) is 122 cm³/mol. The highest BCUT2D eigenvalue weighted by molar-refractivity contribution is 5.93. The molecule has 2 fully saturated rings. The molecule has 0 spiro atoms. The van der Waals surface area contributed by atoms with Gasteiger partial charge < -0.3 is 5.11 Å². The van der Waals surface area contributed by atoms with Crippen molar-refractivity contribution in [3.8, 4) is 12.3 Å². The third-order valence-corrected chi connectivity index (χ3v) is 8.99. The molecule has 5 rings (SSSR count). The smallest absolute Gasteiger partial charge is 0.336 e. The van der Waals surface area contributed by atoms with Crippen LogP contribution in [0.15, 0.2) is 47.1 Å². The van der Waals surface area contributed by atoms with E-state index in [2.05, 4.69) is 4.85 Å². The van der Waals surface area contributed by atoms with E-state index in [0.717, 1.165) is 24.0 Å². The Bertz CT molecular complexity index is 1180. The predicted octanol–water partition coefficient (Wildman–Crippen LogP) is 6.14. The van der Waals surface area contributed by atoms with E-state index in [-0.39, 0.29) is 30.0 Å². The van der Waals surface area contributed by atoms with E-state index < -0.39 is 16.9 Å². The molecule has 0 radical (unpaired) electrons. The van der Waals surface area contributed by atoms with Gasteiger partial charge >= 0.3 is 5.92 Å². The maximum Gasteiger partial charge on any atom is 0.336 e. The molecule has 0 aromatic heterocycles. The number of benzene rings is 1. The molecule has 0 bridgehead atoms. The fourth-order valence-corrected chi connectivity index (χ4v) is 7.41. The molecular weight excluding hydrogens is 420 g/mol.